The normalized spacial score (nSPS) is 15.5. The highest BCUT2D eigenvalue weighted by atomic mass is 35.5. The number of thiocarbonyl (C=S) groups is 1. The number of unbranched alkanes of at least 4 members (excludes halogenated alkanes) is 2. The molecule has 146 valence electrons. The largest absolute Gasteiger partial charge is 0.493 e. The molecule has 0 unspecified atom stereocenters. The van der Waals surface area contributed by atoms with Crippen LogP contribution in [0.1, 0.15) is 31.2 Å². The maximum absolute atomic E-state index is 12.6. The molecule has 1 saturated heterocycles. The van der Waals surface area contributed by atoms with Gasteiger partial charge in [-0.25, -0.2) is 0 Å². The number of carbonyl (C=O) groups is 2. The van der Waals surface area contributed by atoms with Crippen LogP contribution in [0.15, 0.2) is 17.0 Å². The van der Waals surface area contributed by atoms with Crippen LogP contribution in [0.3, 0.4) is 0 Å². The van der Waals surface area contributed by atoms with Crippen LogP contribution < -0.4 is 9.47 Å². The third-order valence-electron chi connectivity index (χ3n) is 3.90. The van der Waals surface area contributed by atoms with E-state index in [4.69, 9.17) is 38.4 Å². The lowest BCUT2D eigenvalue weighted by molar-refractivity contribution is -0.137. The zero-order valence-corrected chi connectivity index (χ0v) is 17.4. The van der Waals surface area contributed by atoms with Crippen molar-refractivity contribution in [2.24, 2.45) is 0 Å². The molecule has 0 bridgehead atoms. The third-order valence-corrected chi connectivity index (χ3v) is 5.56. The van der Waals surface area contributed by atoms with Crippen LogP contribution in [0, 0.1) is 0 Å². The van der Waals surface area contributed by atoms with E-state index in [1.807, 2.05) is 0 Å². The number of hydrogen-bond donors (Lipinski definition) is 1. The zero-order valence-electron chi connectivity index (χ0n) is 15.0. The van der Waals surface area contributed by atoms with Crippen LogP contribution in [0.2, 0.25) is 5.02 Å². The van der Waals surface area contributed by atoms with Gasteiger partial charge in [0.2, 0.25) is 0 Å². The number of methoxy groups -OCH3 is 2. The molecule has 1 amide bonds. The predicted octanol–water partition coefficient (Wildman–Crippen LogP) is 4.20. The predicted molar refractivity (Wildman–Crippen MR) is 111 cm³/mol. The number of hydrogen-bond acceptors (Lipinski definition) is 6. The van der Waals surface area contributed by atoms with Crippen molar-refractivity contribution in [3.63, 3.8) is 0 Å². The summed E-state index contributed by atoms with van der Waals surface area (Å²) in [6, 6.07) is 3.44. The van der Waals surface area contributed by atoms with Gasteiger partial charge in [-0.3, -0.25) is 14.5 Å². The molecule has 1 heterocycles. The van der Waals surface area contributed by atoms with Crippen molar-refractivity contribution in [2.75, 3.05) is 20.8 Å². The highest BCUT2D eigenvalue weighted by Gasteiger charge is 2.31. The van der Waals surface area contributed by atoms with Crippen LogP contribution in [0.4, 0.5) is 0 Å². The molecule has 0 aromatic heterocycles. The van der Waals surface area contributed by atoms with E-state index in [-0.39, 0.29) is 12.3 Å². The van der Waals surface area contributed by atoms with Crippen LogP contribution >= 0.6 is 35.6 Å². The number of ether oxygens (including phenoxy) is 2. The van der Waals surface area contributed by atoms with E-state index >= 15 is 0 Å². The summed E-state index contributed by atoms with van der Waals surface area (Å²) in [4.78, 5) is 25.2. The minimum atomic E-state index is -0.808. The Kier molecular flexibility index (Phi) is 7.94. The molecular weight excluding hydrogens is 410 g/mol. The van der Waals surface area contributed by atoms with Gasteiger partial charge in [0, 0.05) is 13.0 Å². The number of carboxylic acid groups (broad SMARTS) is 1. The van der Waals surface area contributed by atoms with Crippen molar-refractivity contribution in [2.45, 2.75) is 25.7 Å². The van der Waals surface area contributed by atoms with Crippen molar-refractivity contribution in [3.05, 3.63) is 27.6 Å². The number of halogens is 1. The van der Waals surface area contributed by atoms with E-state index < -0.39 is 5.97 Å². The highest BCUT2D eigenvalue weighted by molar-refractivity contribution is 8.26. The fraction of sp³-hybridized carbons (Fsp3) is 0.389. The van der Waals surface area contributed by atoms with Gasteiger partial charge in [-0.1, -0.05) is 42.0 Å². The summed E-state index contributed by atoms with van der Waals surface area (Å²) in [6.45, 7) is 0.480. The molecule has 0 spiro atoms. The number of aliphatic carboxylic acids is 1. The first-order chi connectivity index (χ1) is 12.9. The van der Waals surface area contributed by atoms with Crippen molar-refractivity contribution >= 4 is 57.9 Å². The highest BCUT2D eigenvalue weighted by Crippen LogP contribution is 2.38. The number of rotatable bonds is 9. The smallest absolute Gasteiger partial charge is 0.303 e. The number of carboxylic acids is 1. The first-order valence-corrected chi connectivity index (χ1v) is 9.86. The topological polar surface area (TPSA) is 76.1 Å². The van der Waals surface area contributed by atoms with E-state index in [9.17, 15) is 9.59 Å². The van der Waals surface area contributed by atoms with Crippen LogP contribution in [-0.4, -0.2) is 47.0 Å². The Balaban J connectivity index is 2.07. The molecule has 27 heavy (non-hydrogen) atoms. The summed E-state index contributed by atoms with van der Waals surface area (Å²) in [6.07, 6.45) is 3.88. The van der Waals surface area contributed by atoms with E-state index in [0.29, 0.717) is 50.7 Å². The summed E-state index contributed by atoms with van der Waals surface area (Å²) in [5.41, 5.74) is 0.708. The molecule has 0 atom stereocenters. The summed E-state index contributed by atoms with van der Waals surface area (Å²) in [5.74, 6) is -0.0540. The van der Waals surface area contributed by atoms with Crippen LogP contribution in [-0.2, 0) is 9.59 Å². The Morgan fingerprint density at radius 2 is 2.04 bits per heavy atom. The van der Waals surface area contributed by atoms with E-state index in [1.54, 1.807) is 23.1 Å². The lowest BCUT2D eigenvalue weighted by Gasteiger charge is -2.13. The standard InChI is InChI=1S/C18H20ClNO5S2/c1-24-13-9-11(8-12(19)16(13)25-2)10-14-17(23)20(18(26)27-14)7-5-3-4-6-15(21)22/h8-10H,3-7H2,1-2H3,(H,21,22)/b14-10-. The molecule has 0 aliphatic carbocycles. The SMILES string of the molecule is COc1cc(/C=C2\SC(=S)N(CCCCCC(=O)O)C2=O)cc(Cl)c1OC. The molecule has 1 N–H and O–H groups in total. The van der Waals surface area contributed by atoms with E-state index in [1.165, 1.54) is 26.0 Å². The number of carbonyl (C=O) groups excluding carboxylic acids is 1. The monoisotopic (exact) mass is 429 g/mol. The molecule has 1 aromatic carbocycles. The number of benzene rings is 1. The lowest BCUT2D eigenvalue weighted by Crippen LogP contribution is -2.29. The summed E-state index contributed by atoms with van der Waals surface area (Å²) in [5, 5.41) is 9.04. The fourth-order valence-electron chi connectivity index (χ4n) is 2.59. The minimum Gasteiger partial charge on any atom is -0.493 e. The van der Waals surface area contributed by atoms with Crippen molar-refractivity contribution in [1.82, 2.24) is 4.90 Å². The van der Waals surface area contributed by atoms with Crippen molar-refractivity contribution < 1.29 is 24.2 Å². The molecule has 1 fully saturated rings. The molecule has 0 saturated carbocycles. The number of thioether (sulfide) groups is 1. The Bertz CT molecular complexity index is 781. The summed E-state index contributed by atoms with van der Waals surface area (Å²) in [7, 11) is 3.02. The van der Waals surface area contributed by atoms with Crippen LogP contribution in [0.5, 0.6) is 11.5 Å². The molecule has 0 radical (unpaired) electrons. The number of nitrogens with zero attached hydrogens (tertiary/aromatic N) is 1. The Hall–Kier alpha value is -1.77. The quantitative estimate of drug-likeness (QED) is 0.358. The van der Waals surface area contributed by atoms with Gasteiger partial charge >= 0.3 is 5.97 Å². The number of amides is 1. The van der Waals surface area contributed by atoms with Crippen LogP contribution in [0.25, 0.3) is 6.08 Å². The maximum atomic E-state index is 12.6. The molecule has 1 aromatic rings. The molecule has 1 aliphatic rings. The Morgan fingerprint density at radius 1 is 1.30 bits per heavy atom. The first-order valence-electron chi connectivity index (χ1n) is 8.26. The van der Waals surface area contributed by atoms with Gasteiger partial charge < -0.3 is 14.6 Å². The second-order valence-corrected chi connectivity index (χ2v) is 7.86. The third kappa shape index (κ3) is 5.60. The van der Waals surface area contributed by atoms with Gasteiger partial charge in [-0.2, -0.15) is 0 Å². The van der Waals surface area contributed by atoms with Gasteiger partial charge in [-0.15, -0.1) is 0 Å². The first kappa shape index (κ1) is 21.5. The van der Waals surface area contributed by atoms with Crippen molar-refractivity contribution in [1.29, 1.82) is 0 Å². The molecular formula is C18H20ClNO5S2. The van der Waals surface area contributed by atoms with Gasteiger partial charge in [0.05, 0.1) is 24.1 Å². The Labute approximate surface area is 172 Å². The Morgan fingerprint density at radius 3 is 2.67 bits per heavy atom. The van der Waals surface area contributed by atoms with Crippen molar-refractivity contribution in [3.8, 4) is 11.5 Å². The van der Waals surface area contributed by atoms with Gasteiger partial charge in [0.1, 0.15) is 4.32 Å². The van der Waals surface area contributed by atoms with Gasteiger partial charge in [-0.05, 0) is 36.6 Å². The fourth-order valence-corrected chi connectivity index (χ4v) is 4.19. The minimum absolute atomic E-state index is 0.137. The average molecular weight is 430 g/mol. The molecule has 2 rings (SSSR count). The average Bonchev–Trinajstić information content (AvgIpc) is 2.87. The second-order valence-electron chi connectivity index (χ2n) is 5.78. The summed E-state index contributed by atoms with van der Waals surface area (Å²) < 4.78 is 11.0. The molecule has 6 nitrogen and oxygen atoms in total. The lowest BCUT2D eigenvalue weighted by atomic mass is 10.1. The summed E-state index contributed by atoms with van der Waals surface area (Å²) >= 11 is 12.8. The molecule has 9 heteroatoms. The van der Waals surface area contributed by atoms with Gasteiger partial charge in [0.25, 0.3) is 5.91 Å². The van der Waals surface area contributed by atoms with E-state index in [2.05, 4.69) is 0 Å². The van der Waals surface area contributed by atoms with E-state index in [0.717, 1.165) is 6.42 Å². The second kappa shape index (κ2) is 9.96. The zero-order chi connectivity index (χ0) is 20.0. The maximum Gasteiger partial charge on any atom is 0.303 e. The van der Waals surface area contributed by atoms with Gasteiger partial charge in [0.15, 0.2) is 11.5 Å². The molecule has 1 aliphatic heterocycles.